The summed E-state index contributed by atoms with van der Waals surface area (Å²) in [5.41, 5.74) is 0.791. The Morgan fingerprint density at radius 1 is 1.35 bits per heavy atom. The number of halogens is 2. The van der Waals surface area contributed by atoms with Crippen molar-refractivity contribution in [2.45, 2.75) is 30.9 Å². The maximum absolute atomic E-state index is 13.7. The van der Waals surface area contributed by atoms with E-state index in [-0.39, 0.29) is 5.82 Å². The number of hydrogen-bond donors (Lipinski definition) is 0. The Labute approximate surface area is 115 Å². The van der Waals surface area contributed by atoms with Gasteiger partial charge in [0.2, 0.25) is 0 Å². The molecule has 0 bridgehead atoms. The van der Waals surface area contributed by atoms with E-state index in [0.717, 1.165) is 23.1 Å². The van der Waals surface area contributed by atoms with Crippen molar-refractivity contribution < 1.29 is 4.39 Å². The molecule has 0 radical (unpaired) electrons. The van der Waals surface area contributed by atoms with E-state index in [9.17, 15) is 4.39 Å². The first-order chi connectivity index (χ1) is 8.04. The predicted molar refractivity (Wildman–Crippen MR) is 75.9 cm³/mol. The molecule has 1 aromatic carbocycles. The number of nitrogens with zero attached hydrogens (tertiary/aromatic N) is 1. The summed E-state index contributed by atoms with van der Waals surface area (Å²) in [6.45, 7) is 7.29. The van der Waals surface area contributed by atoms with E-state index in [4.69, 9.17) is 0 Å². The van der Waals surface area contributed by atoms with E-state index in [1.54, 1.807) is 6.07 Å². The highest BCUT2D eigenvalue weighted by atomic mass is 79.9. The molecule has 1 nitrogen and oxygen atoms in total. The first-order valence-corrected chi connectivity index (χ1v) is 7.60. The van der Waals surface area contributed by atoms with Crippen LogP contribution in [0.15, 0.2) is 22.7 Å². The van der Waals surface area contributed by atoms with Gasteiger partial charge in [0.15, 0.2) is 0 Å². The van der Waals surface area contributed by atoms with E-state index >= 15 is 0 Å². The van der Waals surface area contributed by atoms with Gasteiger partial charge in [0, 0.05) is 40.2 Å². The molecule has 2 atom stereocenters. The van der Waals surface area contributed by atoms with Crippen molar-refractivity contribution in [2.75, 3.05) is 13.1 Å². The van der Waals surface area contributed by atoms with Gasteiger partial charge in [-0.3, -0.25) is 4.90 Å². The Bertz CT molecular complexity index is 389. The summed E-state index contributed by atoms with van der Waals surface area (Å²) in [7, 11) is 0. The van der Waals surface area contributed by atoms with Crippen molar-refractivity contribution in [3.8, 4) is 0 Å². The van der Waals surface area contributed by atoms with Gasteiger partial charge in [-0.1, -0.05) is 35.8 Å². The average molecular weight is 318 g/mol. The second-order valence-electron chi connectivity index (χ2n) is 4.69. The largest absolute Gasteiger partial charge is 0.297 e. The van der Waals surface area contributed by atoms with Gasteiger partial charge in [-0.25, -0.2) is 4.39 Å². The van der Waals surface area contributed by atoms with Crippen LogP contribution in [0.4, 0.5) is 4.39 Å². The van der Waals surface area contributed by atoms with E-state index in [1.165, 1.54) is 0 Å². The molecule has 17 heavy (non-hydrogen) atoms. The summed E-state index contributed by atoms with van der Waals surface area (Å²) in [6.07, 6.45) is 0. The minimum absolute atomic E-state index is 0.113. The summed E-state index contributed by atoms with van der Waals surface area (Å²) in [5.74, 6) is -0.113. The molecular weight excluding hydrogens is 301 g/mol. The van der Waals surface area contributed by atoms with Crippen molar-refractivity contribution in [1.29, 1.82) is 0 Å². The molecule has 1 heterocycles. The molecule has 0 amide bonds. The molecule has 4 heteroatoms. The fourth-order valence-electron chi connectivity index (χ4n) is 2.30. The van der Waals surface area contributed by atoms with Gasteiger partial charge < -0.3 is 0 Å². The highest BCUT2D eigenvalue weighted by molar-refractivity contribution is 9.10. The van der Waals surface area contributed by atoms with Gasteiger partial charge in [-0.15, -0.1) is 0 Å². The molecule has 0 spiro atoms. The standard InChI is InChI=1S/C13H17BrFNS/c1-9-6-16(7-10(2)17-9)8-11-3-4-12(14)5-13(11)15/h3-5,9-10H,6-8H2,1-2H3. The molecule has 0 N–H and O–H groups in total. The number of benzene rings is 1. The molecule has 2 unspecified atom stereocenters. The third kappa shape index (κ3) is 3.70. The SMILES string of the molecule is CC1CN(Cc2ccc(Br)cc2F)CC(C)S1. The highest BCUT2D eigenvalue weighted by Gasteiger charge is 2.22. The van der Waals surface area contributed by atoms with Crippen LogP contribution in [-0.2, 0) is 6.54 Å². The van der Waals surface area contributed by atoms with Gasteiger partial charge >= 0.3 is 0 Å². The van der Waals surface area contributed by atoms with Crippen molar-refractivity contribution >= 4 is 27.7 Å². The fourth-order valence-corrected chi connectivity index (χ4v) is 4.02. The smallest absolute Gasteiger partial charge is 0.128 e. The van der Waals surface area contributed by atoms with Crippen LogP contribution in [0.3, 0.4) is 0 Å². The molecule has 1 aromatic rings. The molecule has 1 aliphatic rings. The normalized spacial score (nSPS) is 26.1. The molecule has 0 saturated carbocycles. The van der Waals surface area contributed by atoms with Crippen LogP contribution in [0.1, 0.15) is 19.4 Å². The van der Waals surface area contributed by atoms with Crippen LogP contribution in [0, 0.1) is 5.82 Å². The van der Waals surface area contributed by atoms with E-state index in [2.05, 4.69) is 34.7 Å². The fraction of sp³-hybridized carbons (Fsp3) is 0.538. The molecule has 94 valence electrons. The number of hydrogen-bond acceptors (Lipinski definition) is 2. The zero-order valence-electron chi connectivity index (χ0n) is 10.1. The lowest BCUT2D eigenvalue weighted by molar-refractivity contribution is 0.259. The second-order valence-corrected chi connectivity index (χ2v) is 7.48. The topological polar surface area (TPSA) is 3.24 Å². The van der Waals surface area contributed by atoms with Crippen LogP contribution in [0.2, 0.25) is 0 Å². The predicted octanol–water partition coefficient (Wildman–Crippen LogP) is 3.91. The Hall–Kier alpha value is -0.0600. The lowest BCUT2D eigenvalue weighted by Gasteiger charge is -2.34. The van der Waals surface area contributed by atoms with Crippen molar-refractivity contribution in [1.82, 2.24) is 4.90 Å². The summed E-state index contributed by atoms with van der Waals surface area (Å²) in [5, 5.41) is 1.27. The zero-order chi connectivity index (χ0) is 12.4. The Kier molecular flexibility index (Phi) is 4.50. The van der Waals surface area contributed by atoms with E-state index in [1.807, 2.05) is 23.9 Å². The van der Waals surface area contributed by atoms with Crippen LogP contribution >= 0.6 is 27.7 Å². The third-order valence-corrected chi connectivity index (χ3v) is 4.62. The first kappa shape index (κ1) is 13.4. The van der Waals surface area contributed by atoms with Crippen LogP contribution in [-0.4, -0.2) is 28.5 Å². The third-order valence-electron chi connectivity index (χ3n) is 2.90. The molecule has 1 fully saturated rings. The average Bonchev–Trinajstić information content (AvgIpc) is 2.21. The Balaban J connectivity index is 2.04. The zero-order valence-corrected chi connectivity index (χ0v) is 12.5. The lowest BCUT2D eigenvalue weighted by Crippen LogP contribution is -2.39. The van der Waals surface area contributed by atoms with Crippen LogP contribution in [0.5, 0.6) is 0 Å². The first-order valence-electron chi connectivity index (χ1n) is 5.86. The van der Waals surface area contributed by atoms with E-state index < -0.39 is 0 Å². The van der Waals surface area contributed by atoms with Gasteiger partial charge in [0.1, 0.15) is 5.82 Å². The molecule has 0 aromatic heterocycles. The van der Waals surface area contributed by atoms with Gasteiger partial charge in [0.25, 0.3) is 0 Å². The van der Waals surface area contributed by atoms with Gasteiger partial charge in [-0.05, 0) is 12.1 Å². The van der Waals surface area contributed by atoms with E-state index in [0.29, 0.717) is 17.0 Å². The summed E-state index contributed by atoms with van der Waals surface area (Å²) < 4.78 is 14.5. The molecule has 1 aliphatic heterocycles. The van der Waals surface area contributed by atoms with Crippen LogP contribution < -0.4 is 0 Å². The monoisotopic (exact) mass is 317 g/mol. The quantitative estimate of drug-likeness (QED) is 0.813. The minimum atomic E-state index is -0.113. The van der Waals surface area contributed by atoms with Crippen molar-refractivity contribution in [3.63, 3.8) is 0 Å². The summed E-state index contributed by atoms with van der Waals surface area (Å²) in [6, 6.07) is 5.32. The summed E-state index contributed by atoms with van der Waals surface area (Å²) >= 11 is 5.30. The van der Waals surface area contributed by atoms with Gasteiger partial charge in [-0.2, -0.15) is 11.8 Å². The molecule has 2 rings (SSSR count). The summed E-state index contributed by atoms with van der Waals surface area (Å²) in [4.78, 5) is 2.35. The Morgan fingerprint density at radius 3 is 2.59 bits per heavy atom. The maximum atomic E-state index is 13.7. The minimum Gasteiger partial charge on any atom is -0.297 e. The van der Waals surface area contributed by atoms with Crippen LogP contribution in [0.25, 0.3) is 0 Å². The molecule has 1 saturated heterocycles. The van der Waals surface area contributed by atoms with Crippen molar-refractivity contribution in [3.05, 3.63) is 34.1 Å². The van der Waals surface area contributed by atoms with Crippen molar-refractivity contribution in [2.24, 2.45) is 0 Å². The highest BCUT2D eigenvalue weighted by Crippen LogP contribution is 2.26. The lowest BCUT2D eigenvalue weighted by atomic mass is 10.2. The Morgan fingerprint density at radius 2 is 2.00 bits per heavy atom. The number of thioether (sulfide) groups is 1. The molecular formula is C13H17BrFNS. The number of rotatable bonds is 2. The second kappa shape index (κ2) is 5.72. The maximum Gasteiger partial charge on any atom is 0.128 e. The van der Waals surface area contributed by atoms with Gasteiger partial charge in [0.05, 0.1) is 0 Å². The molecule has 0 aliphatic carbocycles.